The molecule has 1 amide bonds. The van der Waals surface area contributed by atoms with Gasteiger partial charge in [0.15, 0.2) is 0 Å². The molecule has 2 aliphatic heterocycles. The number of carbonyl (C=O) groups is 1. The average molecular weight is 212 g/mol. The van der Waals surface area contributed by atoms with E-state index < -0.39 is 6.10 Å². The predicted octanol–water partition coefficient (Wildman–Crippen LogP) is -0.0307. The van der Waals surface area contributed by atoms with Crippen LogP contribution >= 0.6 is 0 Å². The molecule has 2 heterocycles. The second kappa shape index (κ2) is 4.10. The van der Waals surface area contributed by atoms with Crippen molar-refractivity contribution in [2.24, 2.45) is 5.41 Å². The van der Waals surface area contributed by atoms with Crippen molar-refractivity contribution < 1.29 is 9.90 Å². The van der Waals surface area contributed by atoms with Crippen LogP contribution in [0.5, 0.6) is 0 Å². The minimum atomic E-state index is -0.411. The zero-order chi connectivity index (χ0) is 10.9. The minimum absolute atomic E-state index is 0.206. The number of aliphatic hydroxyl groups excluding tert-OH is 1. The number of nitrogens with zero attached hydrogens (tertiary/aromatic N) is 1. The normalized spacial score (nSPS) is 27.3. The van der Waals surface area contributed by atoms with Crippen molar-refractivity contribution in [2.75, 3.05) is 26.2 Å². The van der Waals surface area contributed by atoms with Crippen molar-refractivity contribution in [3.8, 4) is 0 Å². The molecule has 0 radical (unpaired) electrons. The van der Waals surface area contributed by atoms with Gasteiger partial charge in [-0.05, 0) is 38.3 Å². The lowest BCUT2D eigenvalue weighted by molar-refractivity contribution is -0.128. The molecular weight excluding hydrogens is 192 g/mol. The Bertz CT molecular complexity index is 247. The minimum Gasteiger partial charge on any atom is -0.392 e. The SMILES string of the molecule is CC(O)CN1CC2(CCNCC2)CC1=O. The predicted molar refractivity (Wildman–Crippen MR) is 57.4 cm³/mol. The van der Waals surface area contributed by atoms with Gasteiger partial charge in [-0.2, -0.15) is 0 Å². The summed E-state index contributed by atoms with van der Waals surface area (Å²) in [5.41, 5.74) is 0.206. The highest BCUT2D eigenvalue weighted by Gasteiger charge is 2.43. The maximum absolute atomic E-state index is 11.8. The van der Waals surface area contributed by atoms with E-state index in [9.17, 15) is 9.90 Å². The number of hydrogen-bond donors (Lipinski definition) is 2. The largest absolute Gasteiger partial charge is 0.392 e. The van der Waals surface area contributed by atoms with Crippen LogP contribution in [-0.4, -0.2) is 48.2 Å². The second-order valence-electron chi connectivity index (χ2n) is 5.05. The fourth-order valence-electron chi connectivity index (χ4n) is 2.76. The molecule has 4 heteroatoms. The molecular formula is C11H20N2O2. The Labute approximate surface area is 90.6 Å². The third-order valence-electron chi connectivity index (χ3n) is 3.55. The highest BCUT2D eigenvalue weighted by Crippen LogP contribution is 2.39. The van der Waals surface area contributed by atoms with Gasteiger partial charge >= 0.3 is 0 Å². The van der Waals surface area contributed by atoms with E-state index in [0.717, 1.165) is 32.5 Å². The van der Waals surface area contributed by atoms with Crippen LogP contribution in [0.2, 0.25) is 0 Å². The first-order valence-electron chi connectivity index (χ1n) is 5.78. The van der Waals surface area contributed by atoms with Crippen molar-refractivity contribution in [1.82, 2.24) is 10.2 Å². The number of nitrogens with one attached hydrogen (secondary N) is 1. The molecule has 1 unspecified atom stereocenters. The fourth-order valence-corrected chi connectivity index (χ4v) is 2.76. The number of carbonyl (C=O) groups excluding carboxylic acids is 1. The van der Waals surface area contributed by atoms with E-state index >= 15 is 0 Å². The number of piperidine rings is 1. The van der Waals surface area contributed by atoms with Crippen molar-refractivity contribution in [3.63, 3.8) is 0 Å². The molecule has 4 nitrogen and oxygen atoms in total. The van der Waals surface area contributed by atoms with Crippen molar-refractivity contribution >= 4 is 5.91 Å². The Morgan fingerprint density at radius 3 is 2.80 bits per heavy atom. The quantitative estimate of drug-likeness (QED) is 0.676. The highest BCUT2D eigenvalue weighted by molar-refractivity contribution is 5.79. The van der Waals surface area contributed by atoms with Gasteiger partial charge < -0.3 is 15.3 Å². The van der Waals surface area contributed by atoms with Crippen LogP contribution in [-0.2, 0) is 4.79 Å². The second-order valence-corrected chi connectivity index (χ2v) is 5.05. The number of aliphatic hydroxyl groups is 1. The molecule has 1 atom stereocenters. The molecule has 2 rings (SSSR count). The molecule has 1 spiro atoms. The molecule has 0 bridgehead atoms. The van der Waals surface area contributed by atoms with E-state index in [1.807, 2.05) is 4.90 Å². The lowest BCUT2D eigenvalue weighted by atomic mass is 9.78. The topological polar surface area (TPSA) is 52.6 Å². The summed E-state index contributed by atoms with van der Waals surface area (Å²) < 4.78 is 0. The van der Waals surface area contributed by atoms with Crippen LogP contribution in [0.25, 0.3) is 0 Å². The Hall–Kier alpha value is -0.610. The molecule has 0 saturated carbocycles. The van der Waals surface area contributed by atoms with Crippen LogP contribution in [0.3, 0.4) is 0 Å². The number of amides is 1. The number of likely N-dealkylation sites (tertiary alicyclic amines) is 1. The maximum Gasteiger partial charge on any atom is 0.223 e. The van der Waals surface area contributed by atoms with Gasteiger partial charge in [0.2, 0.25) is 5.91 Å². The lowest BCUT2D eigenvalue weighted by Crippen LogP contribution is -2.39. The summed E-state index contributed by atoms with van der Waals surface area (Å²) in [6.07, 6.45) is 2.46. The Morgan fingerprint density at radius 1 is 1.53 bits per heavy atom. The zero-order valence-electron chi connectivity index (χ0n) is 9.33. The smallest absolute Gasteiger partial charge is 0.223 e. The number of rotatable bonds is 2. The summed E-state index contributed by atoms with van der Waals surface area (Å²) in [5, 5.41) is 12.6. The Kier molecular flexibility index (Phi) is 2.98. The molecule has 86 valence electrons. The molecule has 2 N–H and O–H groups in total. The fraction of sp³-hybridized carbons (Fsp3) is 0.909. The Morgan fingerprint density at radius 2 is 2.20 bits per heavy atom. The first-order chi connectivity index (χ1) is 7.11. The van der Waals surface area contributed by atoms with Crippen LogP contribution in [0.15, 0.2) is 0 Å². The van der Waals surface area contributed by atoms with E-state index in [0.29, 0.717) is 13.0 Å². The lowest BCUT2D eigenvalue weighted by Gasteiger charge is -2.33. The molecule has 0 aromatic carbocycles. The summed E-state index contributed by atoms with van der Waals surface area (Å²) in [5.74, 6) is 0.220. The standard InChI is InChI=1S/C11H20N2O2/c1-9(14)7-13-8-11(6-10(13)15)2-4-12-5-3-11/h9,12,14H,2-8H2,1H3. The van der Waals surface area contributed by atoms with Crippen molar-refractivity contribution in [2.45, 2.75) is 32.3 Å². The maximum atomic E-state index is 11.8. The van der Waals surface area contributed by atoms with Crippen molar-refractivity contribution in [3.05, 3.63) is 0 Å². The molecule has 0 aromatic heterocycles. The van der Waals surface area contributed by atoms with Gasteiger partial charge in [0.05, 0.1) is 6.10 Å². The molecule has 0 aromatic rings. The van der Waals surface area contributed by atoms with E-state index in [4.69, 9.17) is 0 Å². The summed E-state index contributed by atoms with van der Waals surface area (Å²) in [4.78, 5) is 13.6. The van der Waals surface area contributed by atoms with Gasteiger partial charge in [-0.3, -0.25) is 4.79 Å². The number of β-amino-alcohol motifs (C(OH)–C–C–N with tert-alkyl or cyclic N) is 1. The van der Waals surface area contributed by atoms with Crippen LogP contribution in [0.4, 0.5) is 0 Å². The van der Waals surface area contributed by atoms with E-state index in [1.54, 1.807) is 6.92 Å². The third kappa shape index (κ3) is 2.32. The van der Waals surface area contributed by atoms with Gasteiger partial charge in [0.25, 0.3) is 0 Å². The Balaban J connectivity index is 1.98. The zero-order valence-corrected chi connectivity index (χ0v) is 9.33. The summed E-state index contributed by atoms with van der Waals surface area (Å²) >= 11 is 0. The molecule has 2 aliphatic rings. The monoisotopic (exact) mass is 212 g/mol. The van der Waals surface area contributed by atoms with Gasteiger partial charge in [0, 0.05) is 19.5 Å². The van der Waals surface area contributed by atoms with E-state index in [1.165, 1.54) is 0 Å². The highest BCUT2D eigenvalue weighted by atomic mass is 16.3. The van der Waals surface area contributed by atoms with Crippen molar-refractivity contribution in [1.29, 1.82) is 0 Å². The van der Waals surface area contributed by atoms with Crippen LogP contribution < -0.4 is 5.32 Å². The van der Waals surface area contributed by atoms with Gasteiger partial charge in [-0.1, -0.05) is 0 Å². The molecule has 15 heavy (non-hydrogen) atoms. The third-order valence-corrected chi connectivity index (χ3v) is 3.55. The summed E-state index contributed by atoms with van der Waals surface area (Å²) in [6, 6.07) is 0. The average Bonchev–Trinajstić information content (AvgIpc) is 2.43. The van der Waals surface area contributed by atoms with Gasteiger partial charge in [0.1, 0.15) is 0 Å². The number of hydrogen-bond acceptors (Lipinski definition) is 3. The van der Waals surface area contributed by atoms with Gasteiger partial charge in [-0.25, -0.2) is 0 Å². The summed E-state index contributed by atoms with van der Waals surface area (Å²) in [7, 11) is 0. The summed E-state index contributed by atoms with van der Waals surface area (Å²) in [6.45, 7) is 5.12. The van der Waals surface area contributed by atoms with Crippen LogP contribution in [0.1, 0.15) is 26.2 Å². The van der Waals surface area contributed by atoms with Crippen LogP contribution in [0, 0.1) is 5.41 Å². The van der Waals surface area contributed by atoms with E-state index in [2.05, 4.69) is 5.32 Å². The molecule has 2 fully saturated rings. The van der Waals surface area contributed by atoms with E-state index in [-0.39, 0.29) is 11.3 Å². The molecule has 0 aliphatic carbocycles. The first-order valence-corrected chi connectivity index (χ1v) is 5.78. The molecule has 2 saturated heterocycles. The van der Waals surface area contributed by atoms with Gasteiger partial charge in [-0.15, -0.1) is 0 Å². The first kappa shape index (κ1) is 10.9.